The lowest BCUT2D eigenvalue weighted by molar-refractivity contribution is -0.385. The maximum atomic E-state index is 10.7. The topological polar surface area (TPSA) is 77.3 Å². The number of hydrogen-bond acceptors (Lipinski definition) is 5. The van der Waals surface area contributed by atoms with E-state index in [1.807, 2.05) is 24.3 Å². The fourth-order valence-electron chi connectivity index (χ4n) is 1.78. The third-order valence-corrected chi connectivity index (χ3v) is 2.89. The molecule has 1 N–H and O–H groups in total. The van der Waals surface area contributed by atoms with Crippen LogP contribution in [0.15, 0.2) is 36.4 Å². The van der Waals surface area contributed by atoms with Crippen LogP contribution >= 0.6 is 0 Å². The highest BCUT2D eigenvalue weighted by molar-refractivity contribution is 5.45. The summed E-state index contributed by atoms with van der Waals surface area (Å²) in [6.45, 7) is 2.21. The minimum Gasteiger partial charge on any atom is -0.497 e. The van der Waals surface area contributed by atoms with Gasteiger partial charge in [-0.3, -0.25) is 10.1 Å². The average Bonchev–Trinajstić information content (AvgIpc) is 2.45. The molecular formula is C14H15N3O3. The van der Waals surface area contributed by atoms with Gasteiger partial charge in [-0.1, -0.05) is 12.1 Å². The Hall–Kier alpha value is -2.63. The molecule has 0 aliphatic heterocycles. The highest BCUT2D eigenvalue weighted by atomic mass is 16.6. The minimum absolute atomic E-state index is 0.0278. The zero-order valence-electron chi connectivity index (χ0n) is 11.3. The molecule has 0 spiro atoms. The molecule has 0 unspecified atom stereocenters. The van der Waals surface area contributed by atoms with E-state index < -0.39 is 4.92 Å². The Kier molecular flexibility index (Phi) is 4.14. The van der Waals surface area contributed by atoms with Crippen molar-refractivity contribution in [1.29, 1.82) is 0 Å². The molecule has 0 radical (unpaired) electrons. The number of methoxy groups -OCH3 is 1. The van der Waals surface area contributed by atoms with E-state index in [2.05, 4.69) is 10.3 Å². The van der Waals surface area contributed by atoms with Crippen molar-refractivity contribution in [3.63, 3.8) is 0 Å². The zero-order chi connectivity index (χ0) is 14.5. The first-order valence-electron chi connectivity index (χ1n) is 6.09. The van der Waals surface area contributed by atoms with Crippen molar-refractivity contribution in [2.45, 2.75) is 13.5 Å². The van der Waals surface area contributed by atoms with Crippen molar-refractivity contribution in [3.8, 4) is 5.75 Å². The highest BCUT2D eigenvalue weighted by Crippen LogP contribution is 2.18. The number of hydrogen-bond donors (Lipinski definition) is 1. The number of nitrogens with zero attached hydrogens (tertiary/aromatic N) is 2. The Morgan fingerprint density at radius 3 is 2.50 bits per heavy atom. The summed E-state index contributed by atoms with van der Waals surface area (Å²) in [6.07, 6.45) is 0. The van der Waals surface area contributed by atoms with Crippen LogP contribution in [0.2, 0.25) is 0 Å². The molecule has 1 aromatic heterocycles. The SMILES string of the molecule is COc1ccc(CNc2ccc([N+](=O)[O-])c(C)n2)cc1. The van der Waals surface area contributed by atoms with Gasteiger partial charge in [0.1, 0.15) is 17.3 Å². The molecule has 6 nitrogen and oxygen atoms in total. The minimum atomic E-state index is -0.435. The lowest BCUT2D eigenvalue weighted by atomic mass is 10.2. The van der Waals surface area contributed by atoms with Gasteiger partial charge in [0.15, 0.2) is 0 Å². The molecule has 20 heavy (non-hydrogen) atoms. The predicted molar refractivity (Wildman–Crippen MR) is 75.9 cm³/mol. The molecule has 2 rings (SSSR count). The second kappa shape index (κ2) is 6.01. The summed E-state index contributed by atoms with van der Waals surface area (Å²) in [4.78, 5) is 14.4. The normalized spacial score (nSPS) is 10.1. The van der Waals surface area contributed by atoms with Gasteiger partial charge in [-0.15, -0.1) is 0 Å². The van der Waals surface area contributed by atoms with E-state index >= 15 is 0 Å². The summed E-state index contributed by atoms with van der Waals surface area (Å²) >= 11 is 0. The first kappa shape index (κ1) is 13.8. The van der Waals surface area contributed by atoms with Gasteiger partial charge in [0.25, 0.3) is 5.69 Å². The number of benzene rings is 1. The zero-order valence-corrected chi connectivity index (χ0v) is 11.3. The lowest BCUT2D eigenvalue weighted by Crippen LogP contribution is -2.03. The standard InChI is InChI=1S/C14H15N3O3/c1-10-13(17(18)19)7-8-14(16-10)15-9-11-3-5-12(20-2)6-4-11/h3-8H,9H2,1-2H3,(H,15,16). The number of ether oxygens (including phenoxy) is 1. The second-order valence-corrected chi connectivity index (χ2v) is 4.26. The van der Waals surface area contributed by atoms with Crippen LogP contribution in [0.25, 0.3) is 0 Å². The van der Waals surface area contributed by atoms with Crippen LogP contribution in [0.4, 0.5) is 11.5 Å². The van der Waals surface area contributed by atoms with Gasteiger partial charge in [-0.05, 0) is 30.7 Å². The number of rotatable bonds is 5. The Morgan fingerprint density at radius 1 is 1.25 bits per heavy atom. The molecule has 0 saturated heterocycles. The smallest absolute Gasteiger partial charge is 0.290 e. The number of pyridine rings is 1. The summed E-state index contributed by atoms with van der Waals surface area (Å²) in [5.41, 5.74) is 1.50. The molecule has 0 aliphatic carbocycles. The van der Waals surface area contributed by atoms with Gasteiger partial charge in [0, 0.05) is 12.6 Å². The van der Waals surface area contributed by atoms with E-state index in [-0.39, 0.29) is 5.69 Å². The van der Waals surface area contributed by atoms with E-state index in [9.17, 15) is 10.1 Å². The number of aromatic nitrogens is 1. The third kappa shape index (κ3) is 3.23. The van der Waals surface area contributed by atoms with E-state index in [0.717, 1.165) is 11.3 Å². The maximum Gasteiger partial charge on any atom is 0.290 e. The van der Waals surface area contributed by atoms with Crippen molar-refractivity contribution in [2.75, 3.05) is 12.4 Å². The maximum absolute atomic E-state index is 10.7. The average molecular weight is 273 g/mol. The molecule has 0 bridgehead atoms. The van der Waals surface area contributed by atoms with Gasteiger partial charge in [0.05, 0.1) is 12.0 Å². The van der Waals surface area contributed by atoms with E-state index in [1.54, 1.807) is 20.1 Å². The Bertz CT molecular complexity index is 612. The van der Waals surface area contributed by atoms with Crippen LogP contribution in [0, 0.1) is 17.0 Å². The molecule has 0 aliphatic rings. The Balaban J connectivity index is 2.03. The summed E-state index contributed by atoms with van der Waals surface area (Å²) < 4.78 is 5.09. The first-order valence-corrected chi connectivity index (χ1v) is 6.09. The van der Waals surface area contributed by atoms with E-state index in [1.165, 1.54) is 6.07 Å². The van der Waals surface area contributed by atoms with Gasteiger partial charge in [0.2, 0.25) is 0 Å². The van der Waals surface area contributed by atoms with Crippen LogP contribution in [-0.4, -0.2) is 17.0 Å². The van der Waals surface area contributed by atoms with Crippen LogP contribution in [0.1, 0.15) is 11.3 Å². The van der Waals surface area contributed by atoms with E-state index in [4.69, 9.17) is 4.74 Å². The quantitative estimate of drug-likeness (QED) is 0.669. The van der Waals surface area contributed by atoms with Gasteiger partial charge >= 0.3 is 0 Å². The molecule has 0 amide bonds. The van der Waals surface area contributed by atoms with Crippen LogP contribution in [0.3, 0.4) is 0 Å². The summed E-state index contributed by atoms with van der Waals surface area (Å²) in [5.74, 6) is 1.42. The van der Waals surface area contributed by atoms with Crippen molar-refractivity contribution in [1.82, 2.24) is 4.98 Å². The van der Waals surface area contributed by atoms with Crippen molar-refractivity contribution in [3.05, 3.63) is 57.8 Å². The summed E-state index contributed by atoms with van der Waals surface area (Å²) in [7, 11) is 1.62. The predicted octanol–water partition coefficient (Wildman–Crippen LogP) is 2.92. The highest BCUT2D eigenvalue weighted by Gasteiger charge is 2.11. The first-order chi connectivity index (χ1) is 9.60. The molecule has 1 aromatic carbocycles. The van der Waals surface area contributed by atoms with Crippen LogP contribution in [0.5, 0.6) is 5.75 Å². The number of nitro groups is 1. The molecular weight excluding hydrogens is 258 g/mol. The van der Waals surface area contributed by atoms with Gasteiger partial charge < -0.3 is 10.1 Å². The molecule has 2 aromatic rings. The molecule has 104 valence electrons. The third-order valence-electron chi connectivity index (χ3n) is 2.89. The molecule has 0 fully saturated rings. The van der Waals surface area contributed by atoms with Crippen molar-refractivity contribution >= 4 is 11.5 Å². The fourth-order valence-corrected chi connectivity index (χ4v) is 1.78. The largest absolute Gasteiger partial charge is 0.497 e. The number of anilines is 1. The summed E-state index contributed by atoms with van der Waals surface area (Å²) in [6, 6.07) is 10.7. The number of nitrogens with one attached hydrogen (secondary N) is 1. The van der Waals surface area contributed by atoms with Gasteiger partial charge in [-0.25, -0.2) is 4.98 Å². The Labute approximate surface area is 116 Å². The van der Waals surface area contributed by atoms with Crippen LogP contribution in [-0.2, 0) is 6.54 Å². The van der Waals surface area contributed by atoms with E-state index in [0.29, 0.717) is 18.1 Å². The lowest BCUT2D eigenvalue weighted by Gasteiger charge is -2.07. The number of aryl methyl sites for hydroxylation is 1. The fraction of sp³-hybridized carbons (Fsp3) is 0.214. The monoisotopic (exact) mass is 273 g/mol. The molecule has 0 saturated carbocycles. The van der Waals surface area contributed by atoms with Gasteiger partial charge in [-0.2, -0.15) is 0 Å². The Morgan fingerprint density at radius 2 is 1.95 bits per heavy atom. The van der Waals surface area contributed by atoms with Crippen molar-refractivity contribution < 1.29 is 9.66 Å². The molecule has 0 atom stereocenters. The molecule has 1 heterocycles. The second-order valence-electron chi connectivity index (χ2n) is 4.26. The molecule has 6 heteroatoms. The summed E-state index contributed by atoms with van der Waals surface area (Å²) in [5, 5.41) is 13.8. The van der Waals surface area contributed by atoms with Crippen LogP contribution < -0.4 is 10.1 Å². The van der Waals surface area contributed by atoms with Crippen molar-refractivity contribution in [2.24, 2.45) is 0 Å².